The van der Waals surface area contributed by atoms with E-state index in [1.54, 1.807) is 18.0 Å². The van der Waals surface area contributed by atoms with E-state index in [1.807, 2.05) is 13.1 Å². The van der Waals surface area contributed by atoms with Crippen molar-refractivity contribution in [2.75, 3.05) is 7.11 Å². The van der Waals surface area contributed by atoms with E-state index in [9.17, 15) is 5.11 Å². The summed E-state index contributed by atoms with van der Waals surface area (Å²) in [6, 6.07) is 0. The number of hydrogen-bond acceptors (Lipinski definition) is 3. The first-order valence-electron chi connectivity index (χ1n) is 5.17. The Bertz CT molecular complexity index is 382. The van der Waals surface area contributed by atoms with E-state index in [0.29, 0.717) is 0 Å². The van der Waals surface area contributed by atoms with Gasteiger partial charge < -0.3 is 9.84 Å². The second-order valence-electron chi connectivity index (χ2n) is 3.84. The lowest BCUT2D eigenvalue weighted by Gasteiger charge is -2.17. The maximum atomic E-state index is 9.59. The van der Waals surface area contributed by atoms with Gasteiger partial charge in [0, 0.05) is 7.05 Å². The highest BCUT2D eigenvalue weighted by Gasteiger charge is 2.18. The SMILES string of the molecule is COc1cnn(C)c1C1=CC(O)CCC1. The van der Waals surface area contributed by atoms with Gasteiger partial charge in [0.1, 0.15) is 5.69 Å². The Hall–Kier alpha value is -1.29. The zero-order valence-corrected chi connectivity index (χ0v) is 9.10. The minimum absolute atomic E-state index is 0.326. The molecular formula is C11H16N2O2. The van der Waals surface area contributed by atoms with Gasteiger partial charge in [0.15, 0.2) is 5.75 Å². The largest absolute Gasteiger partial charge is 0.493 e. The van der Waals surface area contributed by atoms with Gasteiger partial charge in [-0.3, -0.25) is 4.68 Å². The van der Waals surface area contributed by atoms with Crippen molar-refractivity contribution in [2.45, 2.75) is 25.4 Å². The highest BCUT2D eigenvalue weighted by Crippen LogP contribution is 2.32. The summed E-state index contributed by atoms with van der Waals surface area (Å²) in [5, 5.41) is 13.7. The average molecular weight is 208 g/mol. The van der Waals surface area contributed by atoms with E-state index in [0.717, 1.165) is 36.3 Å². The molecule has 15 heavy (non-hydrogen) atoms. The molecule has 1 aromatic heterocycles. The van der Waals surface area contributed by atoms with Gasteiger partial charge in [0.05, 0.1) is 19.4 Å². The summed E-state index contributed by atoms with van der Waals surface area (Å²) in [7, 11) is 3.53. The Morgan fingerprint density at radius 1 is 1.60 bits per heavy atom. The summed E-state index contributed by atoms with van der Waals surface area (Å²) >= 11 is 0. The number of aryl methyl sites for hydroxylation is 1. The van der Waals surface area contributed by atoms with Crippen molar-refractivity contribution in [3.63, 3.8) is 0 Å². The lowest BCUT2D eigenvalue weighted by molar-refractivity contribution is 0.206. The molecule has 0 saturated heterocycles. The normalized spacial score (nSPS) is 21.3. The highest BCUT2D eigenvalue weighted by molar-refractivity contribution is 5.68. The van der Waals surface area contributed by atoms with Crippen molar-refractivity contribution in [1.82, 2.24) is 9.78 Å². The maximum Gasteiger partial charge on any atom is 0.164 e. The number of methoxy groups -OCH3 is 1. The molecular weight excluding hydrogens is 192 g/mol. The molecule has 1 N–H and O–H groups in total. The summed E-state index contributed by atoms with van der Waals surface area (Å²) in [6.45, 7) is 0. The fourth-order valence-corrected chi connectivity index (χ4v) is 2.03. The first-order valence-corrected chi connectivity index (χ1v) is 5.17. The molecule has 1 unspecified atom stereocenters. The predicted octanol–water partition coefficient (Wildman–Crippen LogP) is 1.36. The van der Waals surface area contributed by atoms with Crippen LogP contribution in [0.1, 0.15) is 25.0 Å². The zero-order valence-electron chi connectivity index (χ0n) is 9.10. The number of hydrogen-bond donors (Lipinski definition) is 1. The zero-order chi connectivity index (χ0) is 10.8. The molecule has 1 aliphatic rings. The molecule has 0 fully saturated rings. The first-order chi connectivity index (χ1) is 7.22. The van der Waals surface area contributed by atoms with Gasteiger partial charge in [-0.1, -0.05) is 6.08 Å². The van der Waals surface area contributed by atoms with E-state index in [1.165, 1.54) is 0 Å². The predicted molar refractivity (Wildman–Crippen MR) is 57.6 cm³/mol. The second-order valence-corrected chi connectivity index (χ2v) is 3.84. The third-order valence-electron chi connectivity index (χ3n) is 2.77. The summed E-state index contributed by atoms with van der Waals surface area (Å²) in [5.41, 5.74) is 2.11. The minimum atomic E-state index is -0.326. The van der Waals surface area contributed by atoms with Crippen LogP contribution in [-0.2, 0) is 7.05 Å². The minimum Gasteiger partial charge on any atom is -0.493 e. The van der Waals surface area contributed by atoms with Crippen LogP contribution >= 0.6 is 0 Å². The standard InChI is InChI=1S/C11H16N2O2/c1-13-11(10(15-2)7-12-13)8-4-3-5-9(14)6-8/h6-7,9,14H,3-5H2,1-2H3. The van der Waals surface area contributed by atoms with Crippen LogP contribution in [0.2, 0.25) is 0 Å². The summed E-state index contributed by atoms with van der Waals surface area (Å²) < 4.78 is 7.04. The van der Waals surface area contributed by atoms with Crippen LogP contribution in [0.4, 0.5) is 0 Å². The van der Waals surface area contributed by atoms with Gasteiger partial charge in [-0.05, 0) is 24.8 Å². The topological polar surface area (TPSA) is 47.3 Å². The van der Waals surface area contributed by atoms with Gasteiger partial charge in [0.25, 0.3) is 0 Å². The summed E-state index contributed by atoms with van der Waals surface area (Å²) in [6.07, 6.45) is 6.13. The van der Waals surface area contributed by atoms with Crippen molar-refractivity contribution in [3.05, 3.63) is 18.0 Å². The van der Waals surface area contributed by atoms with Crippen LogP contribution in [-0.4, -0.2) is 28.1 Å². The second kappa shape index (κ2) is 4.06. The van der Waals surface area contributed by atoms with Crippen LogP contribution in [0.3, 0.4) is 0 Å². The molecule has 1 atom stereocenters. The van der Waals surface area contributed by atoms with Crippen LogP contribution in [0, 0.1) is 0 Å². The monoisotopic (exact) mass is 208 g/mol. The van der Waals surface area contributed by atoms with Crippen LogP contribution in [0.15, 0.2) is 12.3 Å². The number of ether oxygens (including phenoxy) is 1. The molecule has 0 saturated carbocycles. The molecule has 1 heterocycles. The smallest absolute Gasteiger partial charge is 0.164 e. The molecule has 0 radical (unpaired) electrons. The Morgan fingerprint density at radius 2 is 2.40 bits per heavy atom. The molecule has 82 valence electrons. The molecule has 0 bridgehead atoms. The van der Waals surface area contributed by atoms with Gasteiger partial charge in [-0.2, -0.15) is 5.10 Å². The lowest BCUT2D eigenvalue weighted by atomic mass is 9.95. The van der Waals surface area contributed by atoms with Crippen LogP contribution in [0.5, 0.6) is 5.75 Å². The fourth-order valence-electron chi connectivity index (χ4n) is 2.03. The van der Waals surface area contributed by atoms with Crippen LogP contribution < -0.4 is 4.74 Å². The van der Waals surface area contributed by atoms with Gasteiger partial charge in [-0.25, -0.2) is 0 Å². The Balaban J connectivity index is 2.39. The van der Waals surface area contributed by atoms with Crippen LogP contribution in [0.25, 0.3) is 5.57 Å². The highest BCUT2D eigenvalue weighted by atomic mass is 16.5. The number of rotatable bonds is 2. The quantitative estimate of drug-likeness (QED) is 0.798. The van der Waals surface area contributed by atoms with Gasteiger partial charge >= 0.3 is 0 Å². The molecule has 0 aromatic carbocycles. The molecule has 1 aliphatic carbocycles. The van der Waals surface area contributed by atoms with E-state index >= 15 is 0 Å². The van der Waals surface area contributed by atoms with Crippen molar-refractivity contribution in [1.29, 1.82) is 0 Å². The first kappa shape index (κ1) is 10.2. The maximum absolute atomic E-state index is 9.59. The molecule has 1 aromatic rings. The molecule has 0 spiro atoms. The fraction of sp³-hybridized carbons (Fsp3) is 0.545. The van der Waals surface area contributed by atoms with Crippen molar-refractivity contribution in [2.24, 2.45) is 7.05 Å². The molecule has 4 heteroatoms. The average Bonchev–Trinajstić information content (AvgIpc) is 2.59. The van der Waals surface area contributed by atoms with Gasteiger partial charge in [0.2, 0.25) is 0 Å². The third-order valence-corrected chi connectivity index (χ3v) is 2.77. The Morgan fingerprint density at radius 3 is 3.07 bits per heavy atom. The van der Waals surface area contributed by atoms with E-state index in [-0.39, 0.29) is 6.10 Å². The number of aliphatic hydroxyl groups is 1. The summed E-state index contributed by atoms with van der Waals surface area (Å²) in [4.78, 5) is 0. The van der Waals surface area contributed by atoms with Crippen molar-refractivity contribution < 1.29 is 9.84 Å². The molecule has 2 rings (SSSR count). The molecule has 0 aliphatic heterocycles. The number of nitrogens with zero attached hydrogens (tertiary/aromatic N) is 2. The van der Waals surface area contributed by atoms with E-state index in [4.69, 9.17) is 4.74 Å². The summed E-state index contributed by atoms with van der Waals surface area (Å²) in [5.74, 6) is 0.776. The van der Waals surface area contributed by atoms with Gasteiger partial charge in [-0.15, -0.1) is 0 Å². The molecule has 4 nitrogen and oxygen atoms in total. The Kier molecular flexibility index (Phi) is 2.77. The Labute approximate surface area is 89.2 Å². The van der Waals surface area contributed by atoms with E-state index in [2.05, 4.69) is 5.10 Å². The van der Waals surface area contributed by atoms with E-state index < -0.39 is 0 Å². The number of aliphatic hydroxyl groups excluding tert-OH is 1. The lowest BCUT2D eigenvalue weighted by Crippen LogP contribution is -2.10. The van der Waals surface area contributed by atoms with Crippen molar-refractivity contribution >= 4 is 5.57 Å². The van der Waals surface area contributed by atoms with Crippen molar-refractivity contribution in [3.8, 4) is 5.75 Å². The molecule has 0 amide bonds. The number of allylic oxidation sites excluding steroid dienone is 1. The number of aromatic nitrogens is 2. The third kappa shape index (κ3) is 1.90.